The van der Waals surface area contributed by atoms with Crippen molar-refractivity contribution in [1.82, 2.24) is 10.2 Å². The Kier molecular flexibility index (Phi) is 5.73. The summed E-state index contributed by atoms with van der Waals surface area (Å²) in [4.78, 5) is 11.5. The van der Waals surface area contributed by atoms with E-state index >= 15 is 0 Å². The van der Waals surface area contributed by atoms with E-state index in [4.69, 9.17) is 0 Å². The number of halogens is 2. The van der Waals surface area contributed by atoms with E-state index in [1.807, 2.05) is 6.92 Å². The second-order valence-electron chi connectivity index (χ2n) is 5.15. The molecule has 0 amide bonds. The highest BCUT2D eigenvalue weighted by atomic mass is 19.1. The molecule has 23 heavy (non-hydrogen) atoms. The van der Waals surface area contributed by atoms with Gasteiger partial charge in [0.2, 0.25) is 0 Å². The van der Waals surface area contributed by atoms with Gasteiger partial charge in [-0.25, -0.2) is 8.78 Å². The summed E-state index contributed by atoms with van der Waals surface area (Å²) in [5.74, 6) is -1.82. The highest BCUT2D eigenvalue weighted by Gasteiger charge is 2.17. The van der Waals surface area contributed by atoms with Crippen LogP contribution in [0, 0.1) is 11.6 Å². The number of benzene rings is 1. The Labute approximate surface area is 133 Å². The third-order valence-electron chi connectivity index (χ3n) is 3.52. The number of unbranched alkanes of at least 4 members (excludes halogenated alkanes) is 1. The first-order chi connectivity index (χ1) is 11.1. The molecule has 2 aromatic rings. The van der Waals surface area contributed by atoms with Crippen molar-refractivity contribution in [2.24, 2.45) is 0 Å². The molecule has 0 unspecified atom stereocenters. The largest absolute Gasteiger partial charge is 0.469 e. The van der Waals surface area contributed by atoms with Crippen LogP contribution in [0.2, 0.25) is 0 Å². The summed E-state index contributed by atoms with van der Waals surface area (Å²) < 4.78 is 32.4. The molecule has 0 bridgehead atoms. The number of carbonyl (C=O) groups is 1. The van der Waals surface area contributed by atoms with Crippen molar-refractivity contribution in [3.05, 3.63) is 47.2 Å². The monoisotopic (exact) mass is 320 g/mol. The number of hydrogen-bond acceptors (Lipinski definition) is 4. The number of esters is 1. The lowest BCUT2D eigenvalue weighted by Gasteiger charge is -2.10. The molecule has 0 N–H and O–H groups in total. The third-order valence-corrected chi connectivity index (χ3v) is 3.52. The van der Waals surface area contributed by atoms with Gasteiger partial charge in [0.15, 0.2) is 0 Å². The molecule has 0 spiro atoms. The van der Waals surface area contributed by atoms with Crippen molar-refractivity contribution >= 4 is 5.97 Å². The van der Waals surface area contributed by atoms with Gasteiger partial charge in [-0.15, -0.1) is 0 Å². The molecule has 4 nitrogen and oxygen atoms in total. The van der Waals surface area contributed by atoms with Crippen molar-refractivity contribution < 1.29 is 18.3 Å². The van der Waals surface area contributed by atoms with Gasteiger partial charge in [-0.1, -0.05) is 19.4 Å². The molecule has 1 heterocycles. The van der Waals surface area contributed by atoms with Crippen LogP contribution in [-0.4, -0.2) is 23.3 Å². The van der Waals surface area contributed by atoms with E-state index in [1.165, 1.54) is 25.3 Å². The molecular weight excluding hydrogens is 302 g/mol. The van der Waals surface area contributed by atoms with Crippen molar-refractivity contribution in [3.8, 4) is 11.3 Å². The van der Waals surface area contributed by atoms with Crippen molar-refractivity contribution in [2.75, 3.05) is 7.11 Å². The maximum absolute atomic E-state index is 13.9. The number of aromatic nitrogens is 2. The molecule has 0 fully saturated rings. The Balaban J connectivity index is 2.45. The van der Waals surface area contributed by atoms with E-state index in [0.29, 0.717) is 12.1 Å². The first kappa shape index (κ1) is 17.0. The van der Waals surface area contributed by atoms with Gasteiger partial charge in [0.05, 0.1) is 30.5 Å². The average Bonchev–Trinajstić information content (AvgIpc) is 2.54. The van der Waals surface area contributed by atoms with Crippen LogP contribution in [0.25, 0.3) is 11.3 Å². The van der Waals surface area contributed by atoms with E-state index in [1.54, 1.807) is 6.07 Å². The lowest BCUT2D eigenvalue weighted by atomic mass is 10.0. The van der Waals surface area contributed by atoms with Crippen LogP contribution >= 0.6 is 0 Å². The molecule has 0 aliphatic rings. The van der Waals surface area contributed by atoms with Crippen LogP contribution in [-0.2, 0) is 22.4 Å². The summed E-state index contributed by atoms with van der Waals surface area (Å²) in [6.07, 6.45) is 2.46. The van der Waals surface area contributed by atoms with Gasteiger partial charge in [0.25, 0.3) is 0 Å². The summed E-state index contributed by atoms with van der Waals surface area (Å²) in [6, 6.07) is 5.25. The number of aryl methyl sites for hydroxylation is 1. The first-order valence-corrected chi connectivity index (χ1v) is 7.43. The van der Waals surface area contributed by atoms with Crippen LogP contribution in [0.4, 0.5) is 8.78 Å². The highest BCUT2D eigenvalue weighted by molar-refractivity contribution is 5.72. The summed E-state index contributed by atoms with van der Waals surface area (Å²) in [5.41, 5.74) is 1.15. The molecule has 6 heteroatoms. The predicted molar refractivity (Wildman–Crippen MR) is 81.7 cm³/mol. The fourth-order valence-corrected chi connectivity index (χ4v) is 2.26. The lowest BCUT2D eigenvalue weighted by Crippen LogP contribution is -2.11. The molecule has 122 valence electrons. The highest BCUT2D eigenvalue weighted by Crippen LogP contribution is 2.25. The number of ether oxygens (including phenoxy) is 1. The fraction of sp³-hybridized carbons (Fsp3) is 0.353. The van der Waals surface area contributed by atoms with Gasteiger partial charge in [-0.05, 0) is 36.6 Å². The topological polar surface area (TPSA) is 52.1 Å². The minimum absolute atomic E-state index is 0.0113. The quantitative estimate of drug-likeness (QED) is 0.765. The zero-order valence-corrected chi connectivity index (χ0v) is 13.1. The Morgan fingerprint density at radius 1 is 1.22 bits per heavy atom. The number of rotatable bonds is 6. The van der Waals surface area contributed by atoms with Crippen LogP contribution < -0.4 is 0 Å². The molecule has 0 aliphatic heterocycles. The van der Waals surface area contributed by atoms with Crippen LogP contribution in [0.1, 0.15) is 31.0 Å². The maximum atomic E-state index is 13.9. The second-order valence-corrected chi connectivity index (χ2v) is 5.15. The van der Waals surface area contributed by atoms with Gasteiger partial charge in [-0.2, -0.15) is 10.2 Å². The van der Waals surface area contributed by atoms with Crippen molar-refractivity contribution in [3.63, 3.8) is 0 Å². The summed E-state index contributed by atoms with van der Waals surface area (Å²) in [7, 11) is 1.30. The second kappa shape index (κ2) is 7.76. The molecule has 0 saturated carbocycles. The Hall–Kier alpha value is -2.37. The number of methoxy groups -OCH3 is 1. The van der Waals surface area contributed by atoms with E-state index in [0.717, 1.165) is 18.4 Å². The summed E-state index contributed by atoms with van der Waals surface area (Å²) in [6.45, 7) is 2.03. The predicted octanol–water partition coefficient (Wildman–Crippen LogP) is 3.48. The standard InChI is InChI=1S/C17H18F2N2O2/c1-3-4-6-11-9-15(17-12(18)7-5-8-13(17)19)21-20-14(11)10-16(22)23-2/h5,7-9H,3-4,6,10H2,1-2H3. The van der Waals surface area contributed by atoms with Crippen LogP contribution in [0.5, 0.6) is 0 Å². The summed E-state index contributed by atoms with van der Waals surface area (Å²) in [5, 5.41) is 7.88. The van der Waals surface area contributed by atoms with E-state index in [9.17, 15) is 13.6 Å². The average molecular weight is 320 g/mol. The molecule has 0 saturated heterocycles. The van der Waals surface area contributed by atoms with Gasteiger partial charge >= 0.3 is 5.97 Å². The lowest BCUT2D eigenvalue weighted by molar-refractivity contribution is -0.139. The van der Waals surface area contributed by atoms with E-state index < -0.39 is 17.6 Å². The van der Waals surface area contributed by atoms with Gasteiger partial charge in [-0.3, -0.25) is 4.79 Å². The molecule has 0 radical (unpaired) electrons. The van der Waals surface area contributed by atoms with Crippen LogP contribution in [0.3, 0.4) is 0 Å². The molecule has 1 aromatic carbocycles. The molecule has 0 atom stereocenters. The Morgan fingerprint density at radius 3 is 2.52 bits per heavy atom. The molecule has 0 aliphatic carbocycles. The SMILES string of the molecule is CCCCc1cc(-c2c(F)cccc2F)nnc1CC(=O)OC. The normalized spacial score (nSPS) is 10.6. The van der Waals surface area contributed by atoms with Gasteiger partial charge in [0.1, 0.15) is 11.6 Å². The molecule has 1 aromatic heterocycles. The zero-order chi connectivity index (χ0) is 16.8. The van der Waals surface area contributed by atoms with Crippen LogP contribution in [0.15, 0.2) is 24.3 Å². The summed E-state index contributed by atoms with van der Waals surface area (Å²) >= 11 is 0. The maximum Gasteiger partial charge on any atom is 0.311 e. The van der Waals surface area contributed by atoms with Gasteiger partial charge in [0, 0.05) is 0 Å². The van der Waals surface area contributed by atoms with Crippen molar-refractivity contribution in [2.45, 2.75) is 32.6 Å². The molecule has 2 rings (SSSR count). The van der Waals surface area contributed by atoms with Gasteiger partial charge < -0.3 is 4.74 Å². The Bertz CT molecular complexity index is 685. The van der Waals surface area contributed by atoms with E-state index in [-0.39, 0.29) is 17.7 Å². The number of hydrogen-bond donors (Lipinski definition) is 0. The van der Waals surface area contributed by atoms with Crippen molar-refractivity contribution in [1.29, 1.82) is 0 Å². The zero-order valence-electron chi connectivity index (χ0n) is 13.1. The number of carbonyl (C=O) groups excluding carboxylic acids is 1. The number of nitrogens with zero attached hydrogens (tertiary/aromatic N) is 2. The minimum atomic E-state index is -0.693. The third kappa shape index (κ3) is 4.09. The Morgan fingerprint density at radius 2 is 1.91 bits per heavy atom. The first-order valence-electron chi connectivity index (χ1n) is 7.43. The smallest absolute Gasteiger partial charge is 0.311 e. The van der Waals surface area contributed by atoms with E-state index in [2.05, 4.69) is 14.9 Å². The minimum Gasteiger partial charge on any atom is -0.469 e. The fourth-order valence-electron chi connectivity index (χ4n) is 2.26. The molecular formula is C17H18F2N2O2.